The Morgan fingerprint density at radius 3 is 2.42 bits per heavy atom. The van der Waals surface area contributed by atoms with Crippen LogP contribution < -0.4 is 10.6 Å². The van der Waals surface area contributed by atoms with Crippen molar-refractivity contribution < 1.29 is 4.74 Å². The average Bonchev–Trinajstić information content (AvgIpc) is 3.21. The maximum Gasteiger partial charge on any atom is 0.116 e. The second kappa shape index (κ2) is 8.85. The predicted octanol–water partition coefficient (Wildman–Crippen LogP) is 3.30. The molecule has 2 heterocycles. The van der Waals surface area contributed by atoms with E-state index >= 15 is 0 Å². The molecule has 0 spiro atoms. The van der Waals surface area contributed by atoms with Crippen LogP contribution in [-0.4, -0.2) is 55.5 Å². The third kappa shape index (κ3) is 4.15. The third-order valence-electron chi connectivity index (χ3n) is 5.74. The molecule has 0 radical (unpaired) electrons. The first-order valence-electron chi connectivity index (χ1n) is 9.79. The molecule has 144 valence electrons. The van der Waals surface area contributed by atoms with E-state index in [1.807, 2.05) is 0 Å². The number of ether oxygens (including phenoxy) is 1. The summed E-state index contributed by atoms with van der Waals surface area (Å²) < 4.78 is 5.57. The van der Waals surface area contributed by atoms with E-state index < -0.39 is 5.00 Å². The van der Waals surface area contributed by atoms with Crippen LogP contribution in [0.1, 0.15) is 38.7 Å². The van der Waals surface area contributed by atoms with Gasteiger partial charge in [-0.25, -0.2) is 0 Å². The van der Waals surface area contributed by atoms with Gasteiger partial charge in [0.05, 0.1) is 19.4 Å². The van der Waals surface area contributed by atoms with Crippen molar-refractivity contribution in [2.75, 3.05) is 39.4 Å². The molecule has 0 aromatic heterocycles. The Kier molecular flexibility index (Phi) is 6.76. The molecule has 2 fully saturated rings. The zero-order chi connectivity index (χ0) is 18.6. The molecule has 2 N–H and O–H groups in total. The highest BCUT2D eigenvalue weighted by atomic mass is 35.5. The van der Waals surface area contributed by atoms with Gasteiger partial charge >= 0.3 is 0 Å². The van der Waals surface area contributed by atoms with Crippen molar-refractivity contribution in [2.24, 2.45) is 0 Å². The topological polar surface area (TPSA) is 36.5 Å². The van der Waals surface area contributed by atoms with Crippen LogP contribution in [0.4, 0.5) is 0 Å². The highest BCUT2D eigenvalue weighted by Crippen LogP contribution is 2.43. The van der Waals surface area contributed by atoms with Gasteiger partial charge in [0.25, 0.3) is 0 Å². The summed E-state index contributed by atoms with van der Waals surface area (Å²) in [7, 11) is 0. The van der Waals surface area contributed by atoms with Gasteiger partial charge < -0.3 is 4.74 Å². The van der Waals surface area contributed by atoms with Gasteiger partial charge in [-0.05, 0) is 31.4 Å². The molecular formula is C21H32ClN3O. The Hall–Kier alpha value is -0.910. The lowest BCUT2D eigenvalue weighted by atomic mass is 9.80. The fraction of sp³-hybridized carbons (Fsp3) is 0.619. The second-order valence-electron chi connectivity index (χ2n) is 7.37. The van der Waals surface area contributed by atoms with Crippen LogP contribution in [0.15, 0.2) is 41.5 Å². The van der Waals surface area contributed by atoms with Gasteiger partial charge in [0.1, 0.15) is 5.00 Å². The summed E-state index contributed by atoms with van der Waals surface area (Å²) in [6.07, 6.45) is 1.20. The molecule has 2 aliphatic heterocycles. The first kappa shape index (κ1) is 19.8. The minimum atomic E-state index is -0.531. The lowest BCUT2D eigenvalue weighted by molar-refractivity contribution is 0.0159. The number of hydrogen-bond donors (Lipinski definition) is 2. The van der Waals surface area contributed by atoms with Gasteiger partial charge in [0.2, 0.25) is 0 Å². The number of hydrogen-bond acceptors (Lipinski definition) is 4. The Bertz CT molecular complexity index is 605. The molecule has 0 saturated carbocycles. The number of allylic oxidation sites excluding steroid dienone is 1. The summed E-state index contributed by atoms with van der Waals surface area (Å²) in [5.74, 6) is 0.198. The van der Waals surface area contributed by atoms with E-state index in [4.69, 9.17) is 16.3 Å². The number of halogens is 1. The maximum absolute atomic E-state index is 7.33. The van der Waals surface area contributed by atoms with Crippen LogP contribution in [0, 0.1) is 0 Å². The molecule has 3 rings (SSSR count). The Morgan fingerprint density at radius 2 is 1.85 bits per heavy atom. The normalized spacial score (nSPS) is 24.2. The van der Waals surface area contributed by atoms with Gasteiger partial charge in [-0.3, -0.25) is 15.5 Å². The van der Waals surface area contributed by atoms with Crippen molar-refractivity contribution in [3.05, 3.63) is 47.0 Å². The van der Waals surface area contributed by atoms with Crippen molar-refractivity contribution >= 4 is 11.6 Å². The first-order chi connectivity index (χ1) is 12.6. The highest BCUT2D eigenvalue weighted by Gasteiger charge is 2.42. The van der Waals surface area contributed by atoms with Gasteiger partial charge in [-0.2, -0.15) is 0 Å². The van der Waals surface area contributed by atoms with E-state index in [0.717, 1.165) is 45.8 Å². The highest BCUT2D eigenvalue weighted by molar-refractivity contribution is 6.25. The van der Waals surface area contributed by atoms with E-state index in [9.17, 15) is 0 Å². The van der Waals surface area contributed by atoms with Crippen LogP contribution >= 0.6 is 11.6 Å². The molecule has 0 aliphatic carbocycles. The fourth-order valence-electron chi connectivity index (χ4n) is 4.23. The van der Waals surface area contributed by atoms with Gasteiger partial charge in [-0.1, -0.05) is 54.4 Å². The largest absolute Gasteiger partial charge is 0.379 e. The molecule has 2 saturated heterocycles. The summed E-state index contributed by atoms with van der Waals surface area (Å²) in [6, 6.07) is 10.8. The number of nitrogens with zero attached hydrogens (tertiary/aromatic N) is 1. The van der Waals surface area contributed by atoms with Crippen molar-refractivity contribution in [2.45, 2.75) is 44.3 Å². The molecule has 1 aromatic rings. The fourth-order valence-corrected chi connectivity index (χ4v) is 4.68. The van der Waals surface area contributed by atoms with E-state index in [2.05, 4.69) is 66.6 Å². The minimum Gasteiger partial charge on any atom is -0.379 e. The summed E-state index contributed by atoms with van der Waals surface area (Å²) in [6.45, 7) is 11.8. The molecule has 2 aliphatic rings. The van der Waals surface area contributed by atoms with Crippen molar-refractivity contribution in [1.29, 1.82) is 0 Å². The molecule has 26 heavy (non-hydrogen) atoms. The van der Waals surface area contributed by atoms with Crippen molar-refractivity contribution in [3.63, 3.8) is 0 Å². The molecule has 2 atom stereocenters. The number of morpholine rings is 1. The summed E-state index contributed by atoms with van der Waals surface area (Å²) in [4.78, 5) is 1.84. The Morgan fingerprint density at radius 1 is 1.23 bits per heavy atom. The van der Waals surface area contributed by atoms with E-state index in [-0.39, 0.29) is 12.1 Å². The van der Waals surface area contributed by atoms with E-state index in [0.29, 0.717) is 0 Å². The van der Waals surface area contributed by atoms with Crippen molar-refractivity contribution in [3.8, 4) is 0 Å². The zero-order valence-corrected chi connectivity index (χ0v) is 17.0. The van der Waals surface area contributed by atoms with Crippen LogP contribution in [0.2, 0.25) is 0 Å². The Balaban J connectivity index is 2.06. The zero-order valence-electron chi connectivity index (χ0n) is 16.2. The molecule has 5 heteroatoms. The smallest absolute Gasteiger partial charge is 0.116 e. The van der Waals surface area contributed by atoms with E-state index in [1.54, 1.807) is 0 Å². The second-order valence-corrected chi connectivity index (χ2v) is 8.11. The summed E-state index contributed by atoms with van der Waals surface area (Å²) >= 11 is 7.33. The summed E-state index contributed by atoms with van der Waals surface area (Å²) in [5, 5.41) is 7.29. The lowest BCUT2D eigenvalue weighted by Crippen LogP contribution is -2.53. The molecule has 1 aromatic carbocycles. The molecule has 4 nitrogen and oxygen atoms in total. The number of rotatable bonds is 6. The maximum atomic E-state index is 7.33. The SMILES string of the molecule is CC/C(C)=C(/C(c1ccccc1)C1NCCN1)C(C)(Cl)N1CCOCC1. The standard InChI is InChI=1S/C21H32ClN3O/c1-4-16(2)19(21(3,22)25-12-14-26-15-13-25)18(20-23-10-11-24-20)17-8-6-5-7-9-17/h5-9,18,20,23-24H,4,10-15H2,1-3H3/b19-16-. The molecule has 0 bridgehead atoms. The van der Waals surface area contributed by atoms with E-state index in [1.165, 1.54) is 16.7 Å². The van der Waals surface area contributed by atoms with Crippen LogP contribution in [0.25, 0.3) is 0 Å². The quantitative estimate of drug-likeness (QED) is 0.453. The molecule has 0 amide bonds. The predicted molar refractivity (Wildman–Crippen MR) is 109 cm³/mol. The van der Waals surface area contributed by atoms with Gasteiger partial charge in [0.15, 0.2) is 0 Å². The third-order valence-corrected chi connectivity index (χ3v) is 6.19. The Labute approximate surface area is 162 Å². The van der Waals surface area contributed by atoms with Crippen LogP contribution in [0.3, 0.4) is 0 Å². The molecule has 2 unspecified atom stereocenters. The monoisotopic (exact) mass is 377 g/mol. The van der Waals surface area contributed by atoms with Crippen molar-refractivity contribution in [1.82, 2.24) is 15.5 Å². The molecular weight excluding hydrogens is 346 g/mol. The summed E-state index contributed by atoms with van der Waals surface area (Å²) in [5.41, 5.74) is 4.00. The minimum absolute atomic E-state index is 0.198. The van der Waals surface area contributed by atoms with Crippen LogP contribution in [0.5, 0.6) is 0 Å². The first-order valence-corrected chi connectivity index (χ1v) is 10.2. The average molecular weight is 378 g/mol. The number of benzene rings is 1. The van der Waals surface area contributed by atoms with Gasteiger partial charge in [-0.15, -0.1) is 0 Å². The number of nitrogens with one attached hydrogen (secondary N) is 2. The lowest BCUT2D eigenvalue weighted by Gasteiger charge is -2.45. The van der Waals surface area contributed by atoms with Gasteiger partial charge in [0, 0.05) is 32.1 Å². The number of alkyl halides is 1. The van der Waals surface area contributed by atoms with Crippen LogP contribution in [-0.2, 0) is 4.74 Å².